The molecule has 2 N–H and O–H groups in total. The largest absolute Gasteiger partial charge is 0 e. The minimum Gasteiger partial charge on any atom is 0 e. The van der Waals surface area contributed by atoms with E-state index in [0.717, 1.165) is 0 Å². The van der Waals surface area contributed by atoms with Crippen molar-refractivity contribution in [2.24, 2.45) is 0 Å². The van der Waals surface area contributed by atoms with Gasteiger partial charge in [0.15, 0.2) is 0 Å². The quantitative estimate of drug-likeness (QED) is 0.430. The Hall–Kier alpha value is 2.25. The van der Waals surface area contributed by atoms with Crippen LogP contribution in [0.2, 0.25) is 0 Å². The molecule has 0 fully saturated rings. The summed E-state index contributed by atoms with van der Waals surface area (Å²) in [6.45, 7) is 0. The first-order valence-electron chi connectivity index (χ1n) is 0.651. The minimum atomic E-state index is -3.13. The fourth-order valence-corrected chi connectivity index (χ4v) is 0. The van der Waals surface area contributed by atoms with E-state index in [0.29, 0.717) is 0 Å². The summed E-state index contributed by atoms with van der Waals surface area (Å²) in [5, 5.41) is 0. The van der Waals surface area contributed by atoms with Crippen LogP contribution in [0.3, 0.4) is 0 Å². The van der Waals surface area contributed by atoms with Crippen LogP contribution in [0.4, 0.5) is 0 Å². The summed E-state index contributed by atoms with van der Waals surface area (Å²) in [6, 6.07) is 0. The summed E-state index contributed by atoms with van der Waals surface area (Å²) < 4.78 is 8.74. The smallest absolute Gasteiger partial charge is 0 e. The molecule has 0 atom stereocenters. The van der Waals surface area contributed by atoms with Crippen LogP contribution in [0.25, 0.3) is 0 Å². The molecule has 0 aliphatic rings. The van der Waals surface area contributed by atoms with Crippen molar-refractivity contribution in [3.8, 4) is 0 Å². The van der Waals surface area contributed by atoms with Crippen LogP contribution in [-0.4, -0.2) is 76.3 Å². The molecule has 7 heteroatoms. The van der Waals surface area contributed by atoms with Crippen LogP contribution in [0.1, 0.15) is 0 Å². The second kappa shape index (κ2) is 15.7. The van der Waals surface area contributed by atoms with Crippen LogP contribution >= 0.6 is 0 Å². The molecular weight excluding hydrogens is 367 g/mol. The van der Waals surface area contributed by atoms with Crippen LogP contribution in [-0.2, 0) is 26.8 Å². The first-order valence-corrected chi connectivity index (χ1v) is 1.95. The maximum Gasteiger partial charge on any atom is 0 e. The van der Waals surface area contributed by atoms with Crippen molar-refractivity contribution in [3.63, 3.8) is 0 Å². The Balaban J connectivity index is -0.0000000150. The molecule has 0 unspecified atom stereocenters. The Morgan fingerprint density at radius 2 is 1.29 bits per heavy atom. The molecule has 39 valence electrons. The molecule has 0 spiro atoms. The zero-order chi connectivity index (χ0) is 3.58. The van der Waals surface area contributed by atoms with Crippen LogP contribution in [0.5, 0.6) is 0 Å². The van der Waals surface area contributed by atoms with E-state index in [-0.39, 0.29) is 79.9 Å². The van der Waals surface area contributed by atoms with Crippen molar-refractivity contribution in [1.82, 2.24) is 0 Å². The number of rotatable bonds is 0. The monoisotopic (exact) mass is 373 g/mol. The van der Waals surface area contributed by atoms with Gasteiger partial charge in [0.2, 0.25) is 0 Å². The van der Waals surface area contributed by atoms with Crippen molar-refractivity contribution < 1.29 is 36.4 Å². The molecule has 0 aliphatic carbocycles. The molecule has 0 amide bonds. The zero-order valence-electron chi connectivity index (χ0n) is 2.25. The Morgan fingerprint density at radius 3 is 1.29 bits per heavy atom. The van der Waals surface area contributed by atoms with Gasteiger partial charge in [0.05, 0.1) is 0 Å². The fourth-order valence-electron chi connectivity index (χ4n) is 0. The summed E-state index contributed by atoms with van der Waals surface area (Å²) in [4.78, 5) is 14.3. The van der Waals surface area contributed by atoms with Gasteiger partial charge in [-0.05, 0) is 0 Å². The molecule has 3 nitrogen and oxygen atoms in total. The van der Waals surface area contributed by atoms with Gasteiger partial charge in [0.25, 0.3) is 0 Å². The first-order chi connectivity index (χ1) is 1.73. The van der Waals surface area contributed by atoms with Crippen molar-refractivity contribution in [1.29, 1.82) is 0 Å². The van der Waals surface area contributed by atoms with Crippen LogP contribution in [0.15, 0.2) is 0 Å². The Morgan fingerprint density at radius 1 is 1.29 bits per heavy atom. The van der Waals surface area contributed by atoms with E-state index in [1.54, 1.807) is 0 Å². The molecule has 0 rings (SSSR count). The molecule has 1 radical (unpaired) electrons. The molecule has 0 saturated carbocycles. The van der Waals surface area contributed by atoms with E-state index in [2.05, 4.69) is 0 Å². The summed E-state index contributed by atoms with van der Waals surface area (Å²) >= 11 is 0. The average Bonchev–Trinajstić information content (AvgIpc) is 0.811. The summed E-state index contributed by atoms with van der Waals surface area (Å²) in [6.07, 6.45) is 0. The van der Waals surface area contributed by atoms with E-state index in [9.17, 15) is 0 Å². The molecule has 0 saturated heterocycles. The Kier molecular flexibility index (Phi) is 51.3. The third kappa shape index (κ3) is 63.6. The third-order valence-electron chi connectivity index (χ3n) is 0. The standard InChI is InChI=1S/Ca.Ga.H2O3Si.Ta.5H/c;;1-4(2)3;;;;;;/h;;1-2H;;;;;;. The Labute approximate surface area is 101 Å². The minimum absolute atomic E-state index is 0. The maximum absolute atomic E-state index is 8.74. The van der Waals surface area contributed by atoms with Gasteiger partial charge in [-0.3, -0.25) is 4.46 Å². The predicted octanol–water partition coefficient (Wildman–Crippen LogP) is -3.72. The van der Waals surface area contributed by atoms with Gasteiger partial charge in [0, 0.05) is 22.4 Å². The molecule has 0 aliphatic heterocycles. The van der Waals surface area contributed by atoms with Gasteiger partial charge >= 0.3 is 66.7 Å². The molecule has 0 aromatic rings. The van der Waals surface area contributed by atoms with Crippen molar-refractivity contribution in [2.45, 2.75) is 0 Å². The van der Waals surface area contributed by atoms with Gasteiger partial charge in [-0.15, -0.1) is 0 Å². The zero-order valence-corrected chi connectivity index (χ0v) is 6.46. The molecular formula is H7CaGaO3SiTa. The third-order valence-corrected chi connectivity index (χ3v) is 0. The SMILES string of the molecule is O=[Si](O)O.[CaH2].[GaH3].[Ta]. The normalized spacial score (nSPS) is 3.43. The van der Waals surface area contributed by atoms with Crippen LogP contribution < -0.4 is 0 Å². The first kappa shape index (κ1) is 22.8. The van der Waals surface area contributed by atoms with Gasteiger partial charge in [0.1, 0.15) is 0 Å². The number of hydrogen-bond acceptors (Lipinski definition) is 1. The van der Waals surface area contributed by atoms with Crippen LogP contribution in [0, 0.1) is 0 Å². The van der Waals surface area contributed by atoms with E-state index >= 15 is 0 Å². The van der Waals surface area contributed by atoms with E-state index in [4.69, 9.17) is 14.1 Å². The predicted molar refractivity (Wildman–Crippen MR) is 29.4 cm³/mol. The molecule has 0 aromatic heterocycles. The summed E-state index contributed by atoms with van der Waals surface area (Å²) in [5.74, 6) is 0. The van der Waals surface area contributed by atoms with Gasteiger partial charge in [-0.2, -0.15) is 0 Å². The van der Waals surface area contributed by atoms with E-state index < -0.39 is 9.17 Å². The molecule has 0 bridgehead atoms. The van der Waals surface area contributed by atoms with Gasteiger partial charge in [-0.1, -0.05) is 0 Å². The van der Waals surface area contributed by atoms with E-state index in [1.165, 1.54) is 0 Å². The molecule has 0 aromatic carbocycles. The fraction of sp³-hybridized carbons (Fsp3) is 0. The maximum atomic E-state index is 8.74. The van der Waals surface area contributed by atoms with Gasteiger partial charge in [-0.25, -0.2) is 0 Å². The van der Waals surface area contributed by atoms with Crippen molar-refractivity contribution >= 4 is 66.7 Å². The topological polar surface area (TPSA) is 57.5 Å². The Bertz CT molecular complexity index is 37.9. The van der Waals surface area contributed by atoms with Crippen molar-refractivity contribution in [2.75, 3.05) is 0 Å². The summed E-state index contributed by atoms with van der Waals surface area (Å²) in [7, 11) is -3.13. The summed E-state index contributed by atoms with van der Waals surface area (Å²) in [5.41, 5.74) is 0. The molecule has 7 heavy (non-hydrogen) atoms. The molecule has 0 heterocycles. The van der Waals surface area contributed by atoms with Gasteiger partial charge < -0.3 is 9.59 Å². The second-order valence-corrected chi connectivity index (χ2v) is 0.848. The number of hydrogen-bond donors (Lipinski definition) is 2. The van der Waals surface area contributed by atoms with E-state index in [1.807, 2.05) is 0 Å². The van der Waals surface area contributed by atoms with Crippen molar-refractivity contribution in [3.05, 3.63) is 0 Å². The second-order valence-electron chi connectivity index (χ2n) is 0.283. The average molecular weight is 374 g/mol.